The summed E-state index contributed by atoms with van der Waals surface area (Å²) < 4.78 is 0. The van der Waals surface area contributed by atoms with E-state index in [2.05, 4.69) is 22.5 Å². The number of carbonyl (C=O) groups is 2. The number of anilines is 2. The van der Waals surface area contributed by atoms with Crippen LogP contribution in [0.25, 0.3) is 0 Å². The topological polar surface area (TPSA) is 98.7 Å². The molecule has 1 aliphatic rings. The van der Waals surface area contributed by atoms with E-state index in [1.165, 1.54) is 24.3 Å². The van der Waals surface area contributed by atoms with Gasteiger partial charge in [0.15, 0.2) is 0 Å². The monoisotopic (exact) mass is 346 g/mol. The highest BCUT2D eigenvalue weighted by Gasteiger charge is 2.37. The number of hydrogen-bond acceptors (Lipinski definition) is 6. The first-order chi connectivity index (χ1) is 12.5. The van der Waals surface area contributed by atoms with Gasteiger partial charge < -0.3 is 20.8 Å². The van der Waals surface area contributed by atoms with Crippen LogP contribution in [0.5, 0.6) is 11.5 Å². The molecule has 0 amide bonds. The Morgan fingerprint density at radius 1 is 0.731 bits per heavy atom. The highest BCUT2D eigenvalue weighted by molar-refractivity contribution is 6.33. The normalized spacial score (nSPS) is 11.8. The predicted molar refractivity (Wildman–Crippen MR) is 97.7 cm³/mol. The van der Waals surface area contributed by atoms with E-state index in [0.717, 1.165) is 0 Å². The van der Waals surface area contributed by atoms with Gasteiger partial charge in [-0.25, -0.2) is 0 Å². The zero-order valence-corrected chi connectivity index (χ0v) is 13.6. The molecule has 0 unspecified atom stereocenters. The minimum Gasteiger partial charge on any atom is -0.507 e. The number of phenolic OH excluding ortho intramolecular Hbond substituents is 2. The molecule has 0 saturated heterocycles. The van der Waals surface area contributed by atoms with Gasteiger partial charge in [0.05, 0.1) is 35.3 Å². The van der Waals surface area contributed by atoms with Crippen molar-refractivity contribution in [3.05, 3.63) is 46.5 Å². The Labute approximate surface area is 149 Å². The molecule has 0 radical (unpaired) electrons. The Morgan fingerprint density at radius 3 is 1.46 bits per heavy atom. The summed E-state index contributed by atoms with van der Waals surface area (Å²) in [6.07, 6.45) is 10.5. The van der Waals surface area contributed by atoms with Crippen molar-refractivity contribution in [2.45, 2.75) is 0 Å². The second-order valence-corrected chi connectivity index (χ2v) is 5.54. The summed E-state index contributed by atoms with van der Waals surface area (Å²) in [5.74, 6) is 2.91. The lowest BCUT2D eigenvalue weighted by molar-refractivity contribution is 0.0975. The van der Waals surface area contributed by atoms with Crippen molar-refractivity contribution in [1.29, 1.82) is 0 Å². The van der Waals surface area contributed by atoms with E-state index < -0.39 is 11.6 Å². The number of terminal acetylenes is 2. The van der Waals surface area contributed by atoms with Gasteiger partial charge in [0, 0.05) is 11.4 Å². The Morgan fingerprint density at radius 2 is 1.12 bits per heavy atom. The fourth-order valence-corrected chi connectivity index (χ4v) is 2.95. The summed E-state index contributed by atoms with van der Waals surface area (Å²) in [5.41, 5.74) is 0.282. The maximum atomic E-state index is 13.1. The molecule has 2 aromatic carbocycles. The lowest BCUT2D eigenvalue weighted by Gasteiger charge is -2.24. The van der Waals surface area contributed by atoms with Gasteiger partial charge in [-0.1, -0.05) is 11.8 Å². The van der Waals surface area contributed by atoms with Crippen LogP contribution in [0.3, 0.4) is 0 Å². The fourth-order valence-electron chi connectivity index (χ4n) is 2.95. The van der Waals surface area contributed by atoms with Gasteiger partial charge in [-0.05, 0) is 24.3 Å². The molecule has 128 valence electrons. The molecule has 0 atom stereocenters. The molecule has 0 bridgehead atoms. The molecule has 3 rings (SSSR count). The van der Waals surface area contributed by atoms with E-state index in [9.17, 15) is 19.8 Å². The van der Waals surface area contributed by atoms with E-state index in [1.54, 1.807) is 0 Å². The molecule has 1 aliphatic carbocycles. The lowest BCUT2D eigenvalue weighted by Crippen LogP contribution is -2.24. The Kier molecular flexibility index (Phi) is 4.26. The zero-order valence-electron chi connectivity index (χ0n) is 13.6. The zero-order chi connectivity index (χ0) is 18.8. The third-order valence-electron chi connectivity index (χ3n) is 4.04. The number of ketones is 2. The van der Waals surface area contributed by atoms with Crippen molar-refractivity contribution in [2.24, 2.45) is 0 Å². The van der Waals surface area contributed by atoms with Crippen molar-refractivity contribution in [3.63, 3.8) is 0 Å². The number of fused-ring (bicyclic) bond motifs is 2. The maximum Gasteiger partial charge on any atom is 0.200 e. The molecule has 6 heteroatoms. The Hall–Kier alpha value is -3.90. The Balaban J connectivity index is 2.27. The maximum absolute atomic E-state index is 13.1. The molecule has 0 saturated carbocycles. The molecule has 0 fully saturated rings. The van der Waals surface area contributed by atoms with E-state index in [0.29, 0.717) is 11.4 Å². The minimum absolute atomic E-state index is 0.0258. The van der Waals surface area contributed by atoms with Crippen molar-refractivity contribution >= 4 is 22.9 Å². The first-order valence-electron chi connectivity index (χ1n) is 7.67. The van der Waals surface area contributed by atoms with Gasteiger partial charge in [-0.2, -0.15) is 0 Å². The molecular weight excluding hydrogens is 332 g/mol. The van der Waals surface area contributed by atoms with Crippen LogP contribution < -0.4 is 10.6 Å². The summed E-state index contributed by atoms with van der Waals surface area (Å²) in [6, 6.07) is 5.54. The highest BCUT2D eigenvalue weighted by atomic mass is 16.3. The lowest BCUT2D eigenvalue weighted by atomic mass is 9.81. The quantitative estimate of drug-likeness (QED) is 0.426. The van der Waals surface area contributed by atoms with Crippen molar-refractivity contribution in [2.75, 3.05) is 23.7 Å². The average Bonchev–Trinajstić information content (AvgIpc) is 2.63. The van der Waals surface area contributed by atoms with Crippen LogP contribution in [0, 0.1) is 24.7 Å². The predicted octanol–water partition coefficient (Wildman–Crippen LogP) is 1.96. The van der Waals surface area contributed by atoms with Crippen LogP contribution in [0.15, 0.2) is 24.3 Å². The van der Waals surface area contributed by atoms with Crippen LogP contribution >= 0.6 is 0 Å². The molecule has 2 aromatic rings. The molecule has 26 heavy (non-hydrogen) atoms. The summed E-state index contributed by atoms with van der Waals surface area (Å²) >= 11 is 0. The number of benzene rings is 2. The van der Waals surface area contributed by atoms with E-state index >= 15 is 0 Å². The second-order valence-electron chi connectivity index (χ2n) is 5.54. The number of nitrogens with one attached hydrogen (secondary N) is 2. The molecule has 6 nitrogen and oxygen atoms in total. The molecule has 4 N–H and O–H groups in total. The number of hydrogen-bond donors (Lipinski definition) is 4. The number of rotatable bonds is 4. The van der Waals surface area contributed by atoms with Crippen molar-refractivity contribution in [1.82, 2.24) is 0 Å². The van der Waals surface area contributed by atoms with Gasteiger partial charge in [0.25, 0.3) is 0 Å². The third kappa shape index (κ3) is 2.51. The van der Waals surface area contributed by atoms with E-state index in [1.807, 2.05) is 0 Å². The fraction of sp³-hybridized carbons (Fsp3) is 0.100. The summed E-state index contributed by atoms with van der Waals surface area (Å²) in [4.78, 5) is 26.1. The second kappa shape index (κ2) is 6.54. The number of phenols is 2. The molecule has 0 spiro atoms. The Bertz CT molecular complexity index is 942. The number of aromatic hydroxyl groups is 2. The number of carbonyl (C=O) groups excluding carboxylic acids is 2. The van der Waals surface area contributed by atoms with Crippen LogP contribution in [-0.2, 0) is 0 Å². The first kappa shape index (κ1) is 16.9. The third-order valence-corrected chi connectivity index (χ3v) is 4.04. The van der Waals surface area contributed by atoms with Crippen LogP contribution in [0.2, 0.25) is 0 Å². The van der Waals surface area contributed by atoms with Gasteiger partial charge in [-0.15, -0.1) is 12.8 Å². The SMILES string of the molecule is C#CCNc1ccc(O)c2c1C(=O)c1c(O)ccc(NCC#C)c1C2=O. The molecule has 0 aromatic heterocycles. The van der Waals surface area contributed by atoms with E-state index in [-0.39, 0.29) is 46.8 Å². The van der Waals surface area contributed by atoms with Gasteiger partial charge in [-0.3, -0.25) is 9.59 Å². The van der Waals surface area contributed by atoms with Crippen LogP contribution in [0.1, 0.15) is 31.8 Å². The summed E-state index contributed by atoms with van der Waals surface area (Å²) in [5, 5.41) is 26.1. The van der Waals surface area contributed by atoms with Crippen LogP contribution in [-0.4, -0.2) is 34.9 Å². The van der Waals surface area contributed by atoms with Gasteiger partial charge >= 0.3 is 0 Å². The van der Waals surface area contributed by atoms with Gasteiger partial charge in [0.1, 0.15) is 11.5 Å². The van der Waals surface area contributed by atoms with Gasteiger partial charge in [0.2, 0.25) is 11.6 Å². The summed E-state index contributed by atoms with van der Waals surface area (Å²) in [7, 11) is 0. The largest absolute Gasteiger partial charge is 0.507 e. The first-order valence-corrected chi connectivity index (χ1v) is 7.67. The summed E-state index contributed by atoms with van der Waals surface area (Å²) in [6.45, 7) is 0.253. The average molecular weight is 346 g/mol. The minimum atomic E-state index is -0.591. The smallest absolute Gasteiger partial charge is 0.200 e. The molecule has 0 aliphatic heterocycles. The highest BCUT2D eigenvalue weighted by Crippen LogP contribution is 2.42. The van der Waals surface area contributed by atoms with Crippen molar-refractivity contribution < 1.29 is 19.8 Å². The molecule has 0 heterocycles. The standard InChI is InChI=1S/C20H14N2O4/c1-3-9-21-11-5-7-13(23)17-15(11)19(25)18-14(24)8-6-12(22-10-4-2)16(18)20(17)26/h1-2,5-8,21-24H,9-10H2. The van der Waals surface area contributed by atoms with Crippen molar-refractivity contribution in [3.8, 4) is 36.2 Å². The van der Waals surface area contributed by atoms with Crippen LogP contribution in [0.4, 0.5) is 11.4 Å². The van der Waals surface area contributed by atoms with E-state index in [4.69, 9.17) is 12.8 Å². The molecular formula is C20H14N2O4.